The van der Waals surface area contributed by atoms with E-state index in [4.69, 9.17) is 9.84 Å². The molecule has 0 atom stereocenters. The fraction of sp³-hybridized carbons (Fsp3) is 0.875. The molecule has 5 nitrogen and oxygen atoms in total. The van der Waals surface area contributed by atoms with Crippen molar-refractivity contribution in [1.29, 1.82) is 0 Å². The van der Waals surface area contributed by atoms with E-state index in [-0.39, 0.29) is 12.7 Å². The van der Waals surface area contributed by atoms with Gasteiger partial charge in [-0.15, -0.1) is 0 Å². The van der Waals surface area contributed by atoms with Crippen molar-refractivity contribution in [1.82, 2.24) is 9.44 Å². The summed E-state index contributed by atoms with van der Waals surface area (Å²) < 4.78 is 10.1. The third kappa shape index (κ3) is 6.99. The first kappa shape index (κ1) is 13.5. The highest BCUT2D eigenvalue weighted by atomic mass is 32.2. The summed E-state index contributed by atoms with van der Waals surface area (Å²) in [6, 6.07) is 0. The molecule has 14 heavy (non-hydrogen) atoms. The van der Waals surface area contributed by atoms with Crippen molar-refractivity contribution in [2.24, 2.45) is 0 Å². The minimum absolute atomic E-state index is 0.0130. The lowest BCUT2D eigenvalue weighted by Crippen LogP contribution is -2.40. The van der Waals surface area contributed by atoms with Crippen molar-refractivity contribution in [2.45, 2.75) is 39.3 Å². The Morgan fingerprint density at radius 1 is 1.57 bits per heavy atom. The molecule has 0 aliphatic heterocycles. The fourth-order valence-corrected chi connectivity index (χ4v) is 0.999. The predicted molar refractivity (Wildman–Crippen MR) is 56.6 cm³/mol. The zero-order chi connectivity index (χ0) is 11.2. The highest BCUT2D eigenvalue weighted by Gasteiger charge is 2.16. The lowest BCUT2D eigenvalue weighted by molar-refractivity contribution is 0.122. The van der Waals surface area contributed by atoms with Crippen molar-refractivity contribution in [3.63, 3.8) is 0 Å². The lowest BCUT2D eigenvalue weighted by Gasteiger charge is -2.22. The molecule has 0 spiro atoms. The van der Waals surface area contributed by atoms with Crippen LogP contribution in [0.4, 0.5) is 4.79 Å². The van der Waals surface area contributed by atoms with Gasteiger partial charge in [0.05, 0.1) is 12.7 Å². The number of rotatable bonds is 5. The van der Waals surface area contributed by atoms with Crippen LogP contribution in [0.1, 0.15) is 27.7 Å². The molecule has 84 valence electrons. The van der Waals surface area contributed by atoms with Gasteiger partial charge in [-0.1, -0.05) is 0 Å². The van der Waals surface area contributed by atoms with Gasteiger partial charge in [0.15, 0.2) is 0 Å². The number of aliphatic hydroxyl groups excluding tert-OH is 1. The van der Waals surface area contributed by atoms with Crippen LogP contribution in [-0.2, 0) is 4.74 Å². The van der Waals surface area contributed by atoms with Crippen LogP contribution in [0.25, 0.3) is 0 Å². The highest BCUT2D eigenvalue weighted by molar-refractivity contribution is 7.96. The number of amides is 1. The van der Waals surface area contributed by atoms with E-state index in [0.29, 0.717) is 0 Å². The maximum absolute atomic E-state index is 11.0. The van der Waals surface area contributed by atoms with Crippen LogP contribution in [0.15, 0.2) is 0 Å². The summed E-state index contributed by atoms with van der Waals surface area (Å²) >= 11 is 1.00. The van der Waals surface area contributed by atoms with Gasteiger partial charge >= 0.3 is 6.09 Å². The topological polar surface area (TPSA) is 70.6 Å². The molecule has 0 radical (unpaired) electrons. The molecule has 0 aliphatic rings. The van der Waals surface area contributed by atoms with Gasteiger partial charge in [0, 0.05) is 17.7 Å². The van der Waals surface area contributed by atoms with Gasteiger partial charge in [0.25, 0.3) is 0 Å². The first-order chi connectivity index (χ1) is 6.37. The number of carbonyl (C=O) groups is 1. The molecule has 0 aromatic carbocycles. The molecule has 0 unspecified atom stereocenters. The molecule has 0 heterocycles. The van der Waals surface area contributed by atoms with Crippen molar-refractivity contribution < 1.29 is 14.6 Å². The second-order valence-electron chi connectivity index (χ2n) is 3.80. The Morgan fingerprint density at radius 2 is 2.14 bits per heavy atom. The Balaban J connectivity index is 3.59. The molecule has 1 amide bonds. The number of nitrogens with one attached hydrogen (secondary N) is 2. The average Bonchev–Trinajstić information content (AvgIpc) is 2.02. The summed E-state index contributed by atoms with van der Waals surface area (Å²) in [5.74, 6) is 0. The number of hydrogen-bond acceptors (Lipinski definition) is 5. The normalized spacial score (nSPS) is 11.6. The molecule has 0 aromatic rings. The van der Waals surface area contributed by atoms with Crippen LogP contribution < -0.4 is 9.44 Å². The predicted octanol–water partition coefficient (Wildman–Crippen LogP) is 1.04. The molecular formula is C8H18N2O3S. The molecule has 0 fully saturated rings. The van der Waals surface area contributed by atoms with Crippen LogP contribution in [0, 0.1) is 0 Å². The van der Waals surface area contributed by atoms with Crippen LogP contribution >= 0.6 is 12.1 Å². The summed E-state index contributed by atoms with van der Waals surface area (Å²) in [5, 5.41) is 8.88. The summed E-state index contributed by atoms with van der Waals surface area (Å²) in [4.78, 5) is 11.0. The smallest absolute Gasteiger partial charge is 0.418 e. The minimum Gasteiger partial charge on any atom is -0.446 e. The van der Waals surface area contributed by atoms with Gasteiger partial charge in [-0.05, 0) is 27.7 Å². The van der Waals surface area contributed by atoms with E-state index in [1.165, 1.54) is 0 Å². The van der Waals surface area contributed by atoms with Crippen LogP contribution in [0.2, 0.25) is 0 Å². The summed E-state index contributed by atoms with van der Waals surface area (Å²) in [6.45, 7) is 7.16. The zero-order valence-corrected chi connectivity index (χ0v) is 9.77. The van der Waals surface area contributed by atoms with Gasteiger partial charge in [-0.2, -0.15) is 0 Å². The van der Waals surface area contributed by atoms with Crippen molar-refractivity contribution in [2.75, 3.05) is 6.61 Å². The fourth-order valence-electron chi connectivity index (χ4n) is 0.476. The lowest BCUT2D eigenvalue weighted by atomic mass is 10.1. The van der Waals surface area contributed by atoms with Gasteiger partial charge in [-0.3, -0.25) is 4.72 Å². The van der Waals surface area contributed by atoms with Gasteiger partial charge < -0.3 is 9.84 Å². The van der Waals surface area contributed by atoms with Crippen LogP contribution in [0.3, 0.4) is 0 Å². The molecule has 0 bridgehead atoms. The van der Waals surface area contributed by atoms with Gasteiger partial charge in [-0.25, -0.2) is 9.52 Å². The number of aliphatic hydroxyl groups is 1. The van der Waals surface area contributed by atoms with Crippen LogP contribution in [0.5, 0.6) is 0 Å². The van der Waals surface area contributed by atoms with Crippen molar-refractivity contribution in [3.05, 3.63) is 0 Å². The summed E-state index contributed by atoms with van der Waals surface area (Å²) in [6.07, 6.45) is -0.632. The monoisotopic (exact) mass is 222 g/mol. The van der Waals surface area contributed by atoms with E-state index in [1.54, 1.807) is 13.8 Å². The Labute approximate surface area is 88.9 Å². The Hall–Kier alpha value is -0.460. The standard InChI is InChI=1S/C8H18N2O3S/c1-6(2)13-7(12)9-14-10-8(3,4)5-11/h6,10-11H,5H2,1-4H3,(H,9,12). The first-order valence-corrected chi connectivity index (χ1v) is 5.19. The second kappa shape index (κ2) is 6.10. The van der Waals surface area contributed by atoms with E-state index in [0.717, 1.165) is 12.1 Å². The van der Waals surface area contributed by atoms with Gasteiger partial charge in [0.1, 0.15) is 0 Å². The molecular weight excluding hydrogens is 204 g/mol. The average molecular weight is 222 g/mol. The highest BCUT2D eigenvalue weighted by Crippen LogP contribution is 2.04. The van der Waals surface area contributed by atoms with Gasteiger partial charge in [0.2, 0.25) is 0 Å². The molecule has 6 heteroatoms. The number of hydrogen-bond donors (Lipinski definition) is 3. The number of ether oxygens (including phenoxy) is 1. The third-order valence-corrected chi connectivity index (χ3v) is 2.12. The zero-order valence-electron chi connectivity index (χ0n) is 8.96. The Morgan fingerprint density at radius 3 is 2.57 bits per heavy atom. The molecule has 0 rings (SSSR count). The first-order valence-electron chi connectivity index (χ1n) is 4.38. The second-order valence-corrected chi connectivity index (χ2v) is 4.41. The van der Waals surface area contributed by atoms with E-state index in [2.05, 4.69) is 9.44 Å². The maximum atomic E-state index is 11.0. The molecule has 0 saturated heterocycles. The maximum Gasteiger partial charge on any atom is 0.418 e. The molecule has 0 aromatic heterocycles. The largest absolute Gasteiger partial charge is 0.446 e. The quantitative estimate of drug-likeness (QED) is 0.606. The third-order valence-electron chi connectivity index (χ3n) is 1.20. The van der Waals surface area contributed by atoms with Crippen molar-refractivity contribution >= 4 is 18.2 Å². The minimum atomic E-state index is -0.494. The summed E-state index contributed by atoms with van der Waals surface area (Å²) in [5.41, 5.74) is -0.435. The van der Waals surface area contributed by atoms with Crippen LogP contribution in [-0.4, -0.2) is 29.4 Å². The molecule has 0 saturated carbocycles. The Bertz CT molecular complexity index is 185. The van der Waals surface area contributed by atoms with E-state index in [1.807, 2.05) is 13.8 Å². The van der Waals surface area contributed by atoms with E-state index < -0.39 is 11.6 Å². The van der Waals surface area contributed by atoms with E-state index in [9.17, 15) is 4.79 Å². The Kier molecular flexibility index (Phi) is 5.90. The molecule has 3 N–H and O–H groups in total. The van der Waals surface area contributed by atoms with Crippen molar-refractivity contribution in [3.8, 4) is 0 Å². The van der Waals surface area contributed by atoms with E-state index >= 15 is 0 Å². The molecule has 0 aliphatic carbocycles. The SMILES string of the molecule is CC(C)OC(=O)NSNC(C)(C)CO. The summed E-state index contributed by atoms with van der Waals surface area (Å²) in [7, 11) is 0. The number of carbonyl (C=O) groups excluding carboxylic acids is 1.